The van der Waals surface area contributed by atoms with Crippen LogP contribution in [0.15, 0.2) is 24.4 Å². The lowest BCUT2D eigenvalue weighted by atomic mass is 10.1. The first-order valence-corrected chi connectivity index (χ1v) is 5.12. The second kappa shape index (κ2) is 4.06. The number of nitrogens with two attached hydrogens (primary N) is 1. The molecule has 2 rings (SSSR count). The summed E-state index contributed by atoms with van der Waals surface area (Å²) in [6.45, 7) is 0. The van der Waals surface area contributed by atoms with Crippen molar-refractivity contribution in [2.24, 2.45) is 7.05 Å². The first-order chi connectivity index (χ1) is 7.63. The van der Waals surface area contributed by atoms with Crippen LogP contribution < -0.4 is 10.5 Å². The number of methoxy groups -OCH3 is 1. The molecule has 2 aromatic rings. The van der Waals surface area contributed by atoms with E-state index in [-0.39, 0.29) is 0 Å². The second-order valence-electron chi connectivity index (χ2n) is 3.42. The molecule has 0 unspecified atom stereocenters. The molecule has 1 heterocycles. The summed E-state index contributed by atoms with van der Waals surface area (Å²) in [6.07, 6.45) is 1.61. The Morgan fingerprint density at radius 3 is 2.75 bits per heavy atom. The Kier molecular flexibility index (Phi) is 2.75. The van der Waals surface area contributed by atoms with Crippen molar-refractivity contribution in [3.63, 3.8) is 0 Å². The van der Waals surface area contributed by atoms with E-state index in [1.165, 1.54) is 0 Å². The molecule has 0 aliphatic rings. The SMILES string of the molecule is COc1cc(Cl)ccc1-c1c(N)cnn1C. The highest BCUT2D eigenvalue weighted by Crippen LogP contribution is 2.34. The molecule has 16 heavy (non-hydrogen) atoms. The minimum absolute atomic E-state index is 0.614. The molecule has 0 spiro atoms. The zero-order valence-corrected chi connectivity index (χ0v) is 9.82. The highest BCUT2D eigenvalue weighted by Gasteiger charge is 2.13. The van der Waals surface area contributed by atoms with E-state index < -0.39 is 0 Å². The summed E-state index contributed by atoms with van der Waals surface area (Å²) in [6, 6.07) is 5.42. The summed E-state index contributed by atoms with van der Waals surface area (Å²) < 4.78 is 6.99. The number of halogens is 1. The third kappa shape index (κ3) is 1.72. The Morgan fingerprint density at radius 2 is 2.19 bits per heavy atom. The average Bonchev–Trinajstić information content (AvgIpc) is 2.59. The Bertz CT molecular complexity index is 502. The van der Waals surface area contributed by atoms with Gasteiger partial charge in [0.15, 0.2) is 0 Å². The monoisotopic (exact) mass is 237 g/mol. The molecular formula is C11H12ClN3O. The number of anilines is 1. The number of hydrogen-bond donors (Lipinski definition) is 1. The molecule has 0 bridgehead atoms. The fourth-order valence-electron chi connectivity index (χ4n) is 1.65. The van der Waals surface area contributed by atoms with E-state index in [9.17, 15) is 0 Å². The standard InChI is InChI=1S/C11H12ClN3O/c1-15-11(9(13)6-14-15)8-4-3-7(12)5-10(8)16-2/h3-6H,13H2,1-2H3. The zero-order valence-electron chi connectivity index (χ0n) is 9.07. The molecule has 0 aliphatic heterocycles. The predicted octanol–water partition coefficient (Wildman–Crippen LogP) is 2.33. The van der Waals surface area contributed by atoms with Crippen LogP contribution in [0.4, 0.5) is 5.69 Å². The van der Waals surface area contributed by atoms with Crippen LogP contribution in [-0.2, 0) is 7.05 Å². The molecule has 0 aliphatic carbocycles. The van der Waals surface area contributed by atoms with Crippen molar-refractivity contribution < 1.29 is 4.74 Å². The predicted molar refractivity (Wildman–Crippen MR) is 64.6 cm³/mol. The molecular weight excluding hydrogens is 226 g/mol. The highest BCUT2D eigenvalue weighted by atomic mass is 35.5. The third-order valence-electron chi connectivity index (χ3n) is 2.39. The van der Waals surface area contributed by atoms with Crippen LogP contribution >= 0.6 is 11.6 Å². The summed E-state index contributed by atoms with van der Waals surface area (Å²) in [7, 11) is 3.43. The van der Waals surface area contributed by atoms with Crippen LogP contribution in [0.25, 0.3) is 11.3 Å². The maximum absolute atomic E-state index is 5.90. The van der Waals surface area contributed by atoms with Gasteiger partial charge in [-0.3, -0.25) is 4.68 Å². The quantitative estimate of drug-likeness (QED) is 0.872. The van der Waals surface area contributed by atoms with Crippen LogP contribution in [-0.4, -0.2) is 16.9 Å². The minimum Gasteiger partial charge on any atom is -0.496 e. The number of nitrogen functional groups attached to an aromatic ring is 1. The van der Waals surface area contributed by atoms with Crippen LogP contribution in [0.2, 0.25) is 5.02 Å². The first kappa shape index (κ1) is 10.8. The summed E-state index contributed by atoms with van der Waals surface area (Å²) in [5.74, 6) is 0.683. The normalized spacial score (nSPS) is 10.4. The Balaban J connectivity index is 2.64. The Labute approximate surface area is 98.6 Å². The molecule has 0 amide bonds. The number of ether oxygens (including phenoxy) is 1. The zero-order chi connectivity index (χ0) is 11.7. The maximum atomic E-state index is 5.90. The van der Waals surface area contributed by atoms with Gasteiger partial charge in [0.05, 0.1) is 24.7 Å². The van der Waals surface area contributed by atoms with Gasteiger partial charge in [0.25, 0.3) is 0 Å². The lowest BCUT2D eigenvalue weighted by molar-refractivity contribution is 0.416. The Hall–Kier alpha value is -1.68. The van der Waals surface area contributed by atoms with Crippen molar-refractivity contribution in [2.45, 2.75) is 0 Å². The summed E-state index contributed by atoms with van der Waals surface area (Å²) in [4.78, 5) is 0. The van der Waals surface area contributed by atoms with Gasteiger partial charge in [-0.2, -0.15) is 5.10 Å². The van der Waals surface area contributed by atoms with E-state index in [0.29, 0.717) is 16.5 Å². The van der Waals surface area contributed by atoms with E-state index in [2.05, 4.69) is 5.10 Å². The van der Waals surface area contributed by atoms with Crippen molar-refractivity contribution in [3.8, 4) is 17.0 Å². The van der Waals surface area contributed by atoms with Crippen molar-refractivity contribution in [1.82, 2.24) is 9.78 Å². The molecule has 1 aromatic heterocycles. The number of benzene rings is 1. The van der Waals surface area contributed by atoms with E-state index in [1.807, 2.05) is 13.1 Å². The van der Waals surface area contributed by atoms with Crippen LogP contribution in [0.3, 0.4) is 0 Å². The van der Waals surface area contributed by atoms with E-state index in [0.717, 1.165) is 11.3 Å². The van der Waals surface area contributed by atoms with Gasteiger partial charge in [-0.15, -0.1) is 0 Å². The van der Waals surface area contributed by atoms with Crippen LogP contribution in [0, 0.1) is 0 Å². The molecule has 2 N–H and O–H groups in total. The fourth-order valence-corrected chi connectivity index (χ4v) is 1.81. The molecule has 84 valence electrons. The summed E-state index contributed by atoms with van der Waals surface area (Å²) in [5, 5.41) is 4.72. The largest absolute Gasteiger partial charge is 0.496 e. The lowest BCUT2D eigenvalue weighted by Crippen LogP contribution is -1.98. The van der Waals surface area contributed by atoms with Gasteiger partial charge < -0.3 is 10.5 Å². The molecule has 1 aromatic carbocycles. The molecule has 5 heteroatoms. The van der Waals surface area contributed by atoms with Gasteiger partial charge in [0.2, 0.25) is 0 Å². The molecule has 0 saturated heterocycles. The van der Waals surface area contributed by atoms with Gasteiger partial charge in [-0.1, -0.05) is 11.6 Å². The van der Waals surface area contributed by atoms with Gasteiger partial charge in [0.1, 0.15) is 5.75 Å². The van der Waals surface area contributed by atoms with Crippen molar-refractivity contribution >= 4 is 17.3 Å². The van der Waals surface area contributed by atoms with Crippen molar-refractivity contribution in [3.05, 3.63) is 29.4 Å². The first-order valence-electron chi connectivity index (χ1n) is 4.75. The summed E-state index contributed by atoms with van der Waals surface area (Å²) >= 11 is 5.90. The molecule has 0 fully saturated rings. The average molecular weight is 238 g/mol. The van der Waals surface area contributed by atoms with E-state index in [1.54, 1.807) is 30.1 Å². The minimum atomic E-state index is 0.614. The molecule has 0 saturated carbocycles. The van der Waals surface area contributed by atoms with Gasteiger partial charge in [-0.05, 0) is 18.2 Å². The van der Waals surface area contributed by atoms with E-state index >= 15 is 0 Å². The molecule has 0 radical (unpaired) electrons. The topological polar surface area (TPSA) is 53.1 Å². The summed E-state index contributed by atoms with van der Waals surface area (Å²) in [5.41, 5.74) is 8.18. The fraction of sp³-hybridized carbons (Fsp3) is 0.182. The van der Waals surface area contributed by atoms with E-state index in [4.69, 9.17) is 22.1 Å². The highest BCUT2D eigenvalue weighted by molar-refractivity contribution is 6.30. The maximum Gasteiger partial charge on any atom is 0.129 e. The van der Waals surface area contributed by atoms with Gasteiger partial charge >= 0.3 is 0 Å². The van der Waals surface area contributed by atoms with Crippen LogP contribution in [0.1, 0.15) is 0 Å². The van der Waals surface area contributed by atoms with Gasteiger partial charge in [0, 0.05) is 17.6 Å². The lowest BCUT2D eigenvalue weighted by Gasteiger charge is -2.10. The number of hydrogen-bond acceptors (Lipinski definition) is 3. The number of nitrogens with zero attached hydrogens (tertiary/aromatic N) is 2. The molecule has 4 nitrogen and oxygen atoms in total. The smallest absolute Gasteiger partial charge is 0.129 e. The third-order valence-corrected chi connectivity index (χ3v) is 2.62. The second-order valence-corrected chi connectivity index (χ2v) is 3.85. The van der Waals surface area contributed by atoms with Crippen molar-refractivity contribution in [2.75, 3.05) is 12.8 Å². The van der Waals surface area contributed by atoms with Gasteiger partial charge in [-0.25, -0.2) is 0 Å². The molecule has 0 atom stereocenters. The Morgan fingerprint density at radius 1 is 1.44 bits per heavy atom. The number of aryl methyl sites for hydroxylation is 1. The number of aromatic nitrogens is 2. The number of rotatable bonds is 2. The van der Waals surface area contributed by atoms with Crippen LogP contribution in [0.5, 0.6) is 5.75 Å². The van der Waals surface area contributed by atoms with Crippen molar-refractivity contribution in [1.29, 1.82) is 0 Å².